The molecule has 1 aliphatic carbocycles. The van der Waals surface area contributed by atoms with E-state index in [9.17, 15) is 4.79 Å². The molecule has 0 atom stereocenters. The van der Waals surface area contributed by atoms with Gasteiger partial charge in [-0.2, -0.15) is 0 Å². The number of carbonyl (C=O) groups excluding carboxylic acids is 1. The van der Waals surface area contributed by atoms with Gasteiger partial charge >= 0.3 is 0 Å². The molecule has 21 heavy (non-hydrogen) atoms. The van der Waals surface area contributed by atoms with Crippen LogP contribution in [0, 0.1) is 10.8 Å². The van der Waals surface area contributed by atoms with Crippen LogP contribution in [0.2, 0.25) is 0 Å². The van der Waals surface area contributed by atoms with Crippen molar-refractivity contribution in [2.75, 3.05) is 0 Å². The molecule has 1 amide bonds. The van der Waals surface area contributed by atoms with E-state index in [1.54, 1.807) is 12.3 Å². The number of nitrogens with zero attached hydrogens (tertiary/aromatic N) is 1. The van der Waals surface area contributed by atoms with Gasteiger partial charge in [0.05, 0.1) is 0 Å². The summed E-state index contributed by atoms with van der Waals surface area (Å²) >= 11 is 0. The summed E-state index contributed by atoms with van der Waals surface area (Å²) in [4.78, 5) is 16.5. The van der Waals surface area contributed by atoms with Crippen LogP contribution in [0.15, 0.2) is 18.3 Å². The van der Waals surface area contributed by atoms with E-state index in [1.807, 2.05) is 6.07 Å². The number of nitrogens with one attached hydrogen (secondary N) is 1. The Morgan fingerprint density at radius 3 is 2.38 bits per heavy atom. The van der Waals surface area contributed by atoms with E-state index in [-0.39, 0.29) is 22.8 Å². The maximum Gasteiger partial charge on any atom is 0.270 e. The lowest BCUT2D eigenvalue weighted by Gasteiger charge is -2.45. The topological polar surface area (TPSA) is 68.0 Å². The van der Waals surface area contributed by atoms with Crippen molar-refractivity contribution in [2.45, 2.75) is 59.5 Å². The Morgan fingerprint density at radius 2 is 1.90 bits per heavy atom. The standard InChI is InChI=1S/C17H27N3O/c1-16(2)7-13(8-17(3,4)11-16)20-15(21)14-6-5-12(9-18)10-19-14/h5-6,10,13H,7-9,11,18H2,1-4H3,(H,20,21). The maximum absolute atomic E-state index is 12.3. The summed E-state index contributed by atoms with van der Waals surface area (Å²) in [6.45, 7) is 9.56. The van der Waals surface area contributed by atoms with E-state index in [4.69, 9.17) is 5.73 Å². The van der Waals surface area contributed by atoms with Crippen LogP contribution in [-0.2, 0) is 6.54 Å². The third-order valence-corrected chi connectivity index (χ3v) is 4.18. The van der Waals surface area contributed by atoms with Gasteiger partial charge in [-0.15, -0.1) is 0 Å². The van der Waals surface area contributed by atoms with Gasteiger partial charge in [0, 0.05) is 18.8 Å². The number of aromatic nitrogens is 1. The molecule has 0 aromatic carbocycles. The van der Waals surface area contributed by atoms with Crippen molar-refractivity contribution in [1.82, 2.24) is 10.3 Å². The monoisotopic (exact) mass is 289 g/mol. The number of hydrogen-bond acceptors (Lipinski definition) is 3. The van der Waals surface area contributed by atoms with Gasteiger partial charge in [-0.1, -0.05) is 33.8 Å². The van der Waals surface area contributed by atoms with E-state index in [2.05, 4.69) is 38.0 Å². The van der Waals surface area contributed by atoms with E-state index in [0.29, 0.717) is 12.2 Å². The number of amides is 1. The van der Waals surface area contributed by atoms with Crippen molar-refractivity contribution in [1.29, 1.82) is 0 Å². The van der Waals surface area contributed by atoms with Crippen LogP contribution in [0.1, 0.15) is 63.0 Å². The van der Waals surface area contributed by atoms with Gasteiger partial charge < -0.3 is 11.1 Å². The third-order valence-electron chi connectivity index (χ3n) is 4.18. The van der Waals surface area contributed by atoms with Crippen LogP contribution in [0.4, 0.5) is 0 Å². The molecule has 1 saturated carbocycles. The molecule has 4 nitrogen and oxygen atoms in total. The van der Waals surface area contributed by atoms with E-state index >= 15 is 0 Å². The zero-order valence-electron chi connectivity index (χ0n) is 13.6. The van der Waals surface area contributed by atoms with E-state index in [0.717, 1.165) is 18.4 Å². The van der Waals surface area contributed by atoms with Gasteiger partial charge in [0.1, 0.15) is 5.69 Å². The average molecular weight is 289 g/mol. The second-order valence-corrected chi connectivity index (χ2v) is 7.84. The third kappa shape index (κ3) is 4.27. The SMILES string of the molecule is CC1(C)CC(NC(=O)c2ccc(CN)cn2)CC(C)(C)C1. The van der Waals surface area contributed by atoms with Crippen LogP contribution in [0.25, 0.3) is 0 Å². The van der Waals surface area contributed by atoms with Crippen LogP contribution >= 0.6 is 0 Å². The summed E-state index contributed by atoms with van der Waals surface area (Å²) in [5, 5.41) is 3.15. The highest BCUT2D eigenvalue weighted by atomic mass is 16.1. The fourth-order valence-electron chi connectivity index (χ4n) is 3.89. The molecular weight excluding hydrogens is 262 g/mol. The highest BCUT2D eigenvalue weighted by Crippen LogP contribution is 2.45. The molecule has 1 aromatic rings. The molecule has 0 saturated heterocycles. The Bertz CT molecular complexity index is 489. The second kappa shape index (κ2) is 5.76. The maximum atomic E-state index is 12.3. The first kappa shape index (κ1) is 16.0. The smallest absolute Gasteiger partial charge is 0.270 e. The largest absolute Gasteiger partial charge is 0.348 e. The number of nitrogens with two attached hydrogens (primary N) is 1. The highest BCUT2D eigenvalue weighted by molar-refractivity contribution is 5.92. The van der Waals surface area contributed by atoms with Gasteiger partial charge in [-0.25, -0.2) is 0 Å². The lowest BCUT2D eigenvalue weighted by atomic mass is 9.63. The number of hydrogen-bond donors (Lipinski definition) is 2. The molecule has 3 N–H and O–H groups in total. The van der Waals surface area contributed by atoms with Gasteiger partial charge in [0.15, 0.2) is 0 Å². The quantitative estimate of drug-likeness (QED) is 0.899. The summed E-state index contributed by atoms with van der Waals surface area (Å²) in [6, 6.07) is 3.82. The molecule has 0 aliphatic heterocycles. The minimum atomic E-state index is -0.0860. The van der Waals surface area contributed by atoms with Crippen molar-refractivity contribution in [3.63, 3.8) is 0 Å². The van der Waals surface area contributed by atoms with Crippen molar-refractivity contribution in [2.24, 2.45) is 16.6 Å². The first-order valence-electron chi connectivity index (χ1n) is 7.67. The summed E-state index contributed by atoms with van der Waals surface area (Å²) in [5.41, 5.74) is 7.47. The van der Waals surface area contributed by atoms with E-state index in [1.165, 1.54) is 6.42 Å². The van der Waals surface area contributed by atoms with Crippen molar-refractivity contribution in [3.05, 3.63) is 29.6 Å². The zero-order chi connectivity index (χ0) is 15.7. The fraction of sp³-hybridized carbons (Fsp3) is 0.647. The number of carbonyl (C=O) groups is 1. The lowest BCUT2D eigenvalue weighted by Crippen LogP contribution is -2.46. The molecule has 0 radical (unpaired) electrons. The Labute approximate surface area is 127 Å². The molecular formula is C17H27N3O. The molecule has 2 rings (SSSR count). The molecule has 0 spiro atoms. The molecule has 1 aliphatic rings. The first-order valence-corrected chi connectivity index (χ1v) is 7.67. The van der Waals surface area contributed by atoms with Crippen molar-refractivity contribution in [3.8, 4) is 0 Å². The molecule has 4 heteroatoms. The first-order chi connectivity index (χ1) is 9.71. The normalized spacial score (nSPS) is 21.0. The van der Waals surface area contributed by atoms with Crippen LogP contribution in [0.3, 0.4) is 0 Å². The molecule has 0 bridgehead atoms. The fourth-order valence-corrected chi connectivity index (χ4v) is 3.89. The Hall–Kier alpha value is -1.42. The molecule has 116 valence electrons. The second-order valence-electron chi connectivity index (χ2n) is 7.84. The molecule has 1 fully saturated rings. The van der Waals surface area contributed by atoms with Gasteiger partial charge in [-0.05, 0) is 41.7 Å². The highest BCUT2D eigenvalue weighted by Gasteiger charge is 2.38. The molecule has 0 unspecified atom stereocenters. The van der Waals surface area contributed by atoms with E-state index < -0.39 is 0 Å². The minimum absolute atomic E-state index is 0.0860. The summed E-state index contributed by atoms with van der Waals surface area (Å²) in [6.07, 6.45) is 4.89. The Kier molecular flexibility index (Phi) is 4.38. The summed E-state index contributed by atoms with van der Waals surface area (Å²) in [7, 11) is 0. The van der Waals surface area contributed by atoms with Crippen LogP contribution < -0.4 is 11.1 Å². The van der Waals surface area contributed by atoms with Gasteiger partial charge in [0.2, 0.25) is 0 Å². The van der Waals surface area contributed by atoms with Gasteiger partial charge in [0.25, 0.3) is 5.91 Å². The van der Waals surface area contributed by atoms with Crippen molar-refractivity contribution >= 4 is 5.91 Å². The Morgan fingerprint density at radius 1 is 1.29 bits per heavy atom. The minimum Gasteiger partial charge on any atom is -0.348 e. The average Bonchev–Trinajstić information content (AvgIpc) is 2.35. The van der Waals surface area contributed by atoms with Gasteiger partial charge in [-0.3, -0.25) is 9.78 Å². The predicted molar refractivity (Wildman–Crippen MR) is 84.8 cm³/mol. The Balaban J connectivity index is 2.04. The summed E-state index contributed by atoms with van der Waals surface area (Å²) in [5.74, 6) is -0.0860. The zero-order valence-corrected chi connectivity index (χ0v) is 13.6. The summed E-state index contributed by atoms with van der Waals surface area (Å²) < 4.78 is 0. The number of pyridine rings is 1. The molecule has 1 heterocycles. The van der Waals surface area contributed by atoms with Crippen LogP contribution in [-0.4, -0.2) is 16.9 Å². The molecule has 1 aromatic heterocycles. The number of rotatable bonds is 3. The predicted octanol–water partition coefficient (Wildman–Crippen LogP) is 2.88. The van der Waals surface area contributed by atoms with Crippen LogP contribution in [0.5, 0.6) is 0 Å². The lowest BCUT2D eigenvalue weighted by molar-refractivity contribution is 0.0710. The van der Waals surface area contributed by atoms with Crippen molar-refractivity contribution < 1.29 is 4.79 Å².